The lowest BCUT2D eigenvalue weighted by molar-refractivity contribution is 0.0462. The normalized spacial score (nSPS) is 10.0. The van der Waals surface area contributed by atoms with Gasteiger partial charge in [0.25, 0.3) is 0 Å². The minimum absolute atomic E-state index is 0.253. The highest BCUT2D eigenvalue weighted by atomic mass is 32.1. The number of esters is 1. The largest absolute Gasteiger partial charge is 0.455 e. The van der Waals surface area contributed by atoms with Gasteiger partial charge in [-0.1, -0.05) is 0 Å². The van der Waals surface area contributed by atoms with E-state index in [1.54, 1.807) is 17.1 Å². The predicted octanol–water partition coefficient (Wildman–Crippen LogP) is 1.83. The Morgan fingerprint density at radius 1 is 1.64 bits per heavy atom. The molecule has 0 aromatic carbocycles. The highest BCUT2D eigenvalue weighted by Crippen LogP contribution is 2.05. The summed E-state index contributed by atoms with van der Waals surface area (Å²) in [6.45, 7) is 0.253. The fraction of sp³-hybridized carbons (Fsp3) is 0.111. The molecule has 2 aromatic rings. The Bertz CT molecular complexity index is 394. The molecule has 0 aliphatic heterocycles. The van der Waals surface area contributed by atoms with Crippen LogP contribution in [0.1, 0.15) is 16.2 Å². The average molecular weight is 208 g/mol. The smallest absolute Gasteiger partial charge is 0.358 e. The summed E-state index contributed by atoms with van der Waals surface area (Å²) in [7, 11) is 0. The Morgan fingerprint density at radius 3 is 3.21 bits per heavy atom. The molecule has 0 saturated heterocycles. The van der Waals surface area contributed by atoms with E-state index in [0.717, 1.165) is 5.69 Å². The summed E-state index contributed by atoms with van der Waals surface area (Å²) < 4.78 is 5.00. The SMILES string of the molecule is O=C(OCc1ccc[nH]1)c1cscn1. The van der Waals surface area contributed by atoms with Crippen LogP contribution in [0.2, 0.25) is 0 Å². The van der Waals surface area contributed by atoms with E-state index in [-0.39, 0.29) is 12.6 Å². The van der Waals surface area contributed by atoms with E-state index >= 15 is 0 Å². The number of thiazole rings is 1. The Kier molecular flexibility index (Phi) is 2.60. The number of hydrogen-bond donors (Lipinski definition) is 1. The van der Waals surface area contributed by atoms with Crippen LogP contribution in [0.4, 0.5) is 0 Å². The second-order valence-electron chi connectivity index (χ2n) is 2.65. The molecule has 0 spiro atoms. The van der Waals surface area contributed by atoms with Gasteiger partial charge in [-0.2, -0.15) is 0 Å². The van der Waals surface area contributed by atoms with Gasteiger partial charge in [0.15, 0.2) is 5.69 Å². The lowest BCUT2D eigenvalue weighted by Gasteiger charge is -1.99. The lowest BCUT2D eigenvalue weighted by atomic mass is 10.4. The molecule has 0 aliphatic carbocycles. The summed E-state index contributed by atoms with van der Waals surface area (Å²) in [4.78, 5) is 18.1. The molecular formula is C9H8N2O2S. The predicted molar refractivity (Wildman–Crippen MR) is 52.0 cm³/mol. The Balaban J connectivity index is 1.90. The summed E-state index contributed by atoms with van der Waals surface area (Å²) in [6, 6.07) is 3.71. The van der Waals surface area contributed by atoms with Gasteiger partial charge in [-0.15, -0.1) is 11.3 Å². The number of rotatable bonds is 3. The third-order valence-corrected chi connectivity index (χ3v) is 2.25. The second-order valence-corrected chi connectivity index (χ2v) is 3.36. The second kappa shape index (κ2) is 4.06. The van der Waals surface area contributed by atoms with Crippen LogP contribution in [-0.4, -0.2) is 15.9 Å². The monoisotopic (exact) mass is 208 g/mol. The van der Waals surface area contributed by atoms with Crippen molar-refractivity contribution in [2.24, 2.45) is 0 Å². The van der Waals surface area contributed by atoms with Crippen LogP contribution in [0.3, 0.4) is 0 Å². The zero-order valence-electron chi connectivity index (χ0n) is 7.27. The molecule has 0 aliphatic rings. The third-order valence-electron chi connectivity index (χ3n) is 1.66. The van der Waals surface area contributed by atoms with Gasteiger partial charge in [0.2, 0.25) is 0 Å². The maximum Gasteiger partial charge on any atom is 0.358 e. The maximum absolute atomic E-state index is 11.3. The van der Waals surface area contributed by atoms with Crippen molar-refractivity contribution in [3.63, 3.8) is 0 Å². The molecule has 14 heavy (non-hydrogen) atoms. The van der Waals surface area contributed by atoms with Crippen molar-refractivity contribution in [2.45, 2.75) is 6.61 Å². The highest BCUT2D eigenvalue weighted by molar-refractivity contribution is 7.07. The van der Waals surface area contributed by atoms with Gasteiger partial charge in [0.05, 0.1) is 11.2 Å². The Morgan fingerprint density at radius 2 is 2.57 bits per heavy atom. The summed E-state index contributed by atoms with van der Waals surface area (Å²) in [6.07, 6.45) is 1.78. The molecule has 72 valence electrons. The average Bonchev–Trinajstić information content (AvgIpc) is 2.87. The number of ether oxygens (including phenoxy) is 1. The molecule has 2 rings (SSSR count). The standard InChI is InChI=1S/C9H8N2O2S/c12-9(8-5-14-6-11-8)13-4-7-2-1-3-10-7/h1-3,5-6,10H,4H2. The van der Waals surface area contributed by atoms with E-state index in [4.69, 9.17) is 4.74 Å². The summed E-state index contributed by atoms with van der Waals surface area (Å²) in [5.41, 5.74) is 2.83. The van der Waals surface area contributed by atoms with Crippen molar-refractivity contribution >= 4 is 17.3 Å². The Labute approximate surface area is 84.6 Å². The molecule has 1 N–H and O–H groups in total. The van der Waals surface area contributed by atoms with Crippen molar-refractivity contribution in [1.82, 2.24) is 9.97 Å². The van der Waals surface area contributed by atoms with E-state index in [2.05, 4.69) is 9.97 Å². The molecule has 2 heterocycles. The molecule has 0 unspecified atom stereocenters. The number of carbonyl (C=O) groups excluding carboxylic acids is 1. The van der Waals surface area contributed by atoms with Gasteiger partial charge in [-0.3, -0.25) is 0 Å². The van der Waals surface area contributed by atoms with E-state index in [9.17, 15) is 4.79 Å². The van der Waals surface area contributed by atoms with Crippen LogP contribution >= 0.6 is 11.3 Å². The van der Waals surface area contributed by atoms with Crippen molar-refractivity contribution in [1.29, 1.82) is 0 Å². The topological polar surface area (TPSA) is 55.0 Å². The van der Waals surface area contributed by atoms with Crippen molar-refractivity contribution < 1.29 is 9.53 Å². The van der Waals surface area contributed by atoms with Crippen LogP contribution in [0, 0.1) is 0 Å². The quantitative estimate of drug-likeness (QED) is 0.783. The maximum atomic E-state index is 11.3. The fourth-order valence-electron chi connectivity index (χ4n) is 0.988. The number of aromatic amines is 1. The molecule has 0 atom stereocenters. The molecule has 0 fully saturated rings. The molecular weight excluding hydrogens is 200 g/mol. The molecule has 0 bridgehead atoms. The number of H-pyrrole nitrogens is 1. The van der Waals surface area contributed by atoms with Gasteiger partial charge in [-0.25, -0.2) is 9.78 Å². The van der Waals surface area contributed by atoms with Crippen LogP contribution in [0.5, 0.6) is 0 Å². The van der Waals surface area contributed by atoms with E-state index in [1.807, 2.05) is 12.1 Å². The van der Waals surface area contributed by atoms with Crippen LogP contribution < -0.4 is 0 Å². The number of nitrogens with zero attached hydrogens (tertiary/aromatic N) is 1. The Hall–Kier alpha value is -1.62. The van der Waals surface area contributed by atoms with Crippen molar-refractivity contribution in [3.8, 4) is 0 Å². The van der Waals surface area contributed by atoms with E-state index in [0.29, 0.717) is 5.69 Å². The minimum atomic E-state index is -0.388. The highest BCUT2D eigenvalue weighted by Gasteiger charge is 2.08. The first kappa shape index (κ1) is 8.96. The first-order chi connectivity index (χ1) is 6.86. The zero-order valence-corrected chi connectivity index (χ0v) is 8.08. The number of aromatic nitrogens is 2. The summed E-state index contributed by atoms with van der Waals surface area (Å²) >= 11 is 1.37. The molecule has 4 nitrogen and oxygen atoms in total. The lowest BCUT2D eigenvalue weighted by Crippen LogP contribution is -2.05. The summed E-state index contributed by atoms with van der Waals surface area (Å²) in [5.74, 6) is -0.388. The van der Waals surface area contributed by atoms with E-state index < -0.39 is 0 Å². The number of hydrogen-bond acceptors (Lipinski definition) is 4. The first-order valence-corrected chi connectivity index (χ1v) is 4.98. The summed E-state index contributed by atoms with van der Waals surface area (Å²) in [5, 5.41) is 1.66. The van der Waals surface area contributed by atoms with Crippen LogP contribution in [-0.2, 0) is 11.3 Å². The van der Waals surface area contributed by atoms with Crippen LogP contribution in [0.25, 0.3) is 0 Å². The molecule has 5 heteroatoms. The fourth-order valence-corrected chi connectivity index (χ4v) is 1.51. The molecule has 2 aromatic heterocycles. The van der Waals surface area contributed by atoms with Gasteiger partial charge < -0.3 is 9.72 Å². The number of nitrogens with one attached hydrogen (secondary N) is 1. The van der Waals surface area contributed by atoms with Crippen molar-refractivity contribution in [3.05, 3.63) is 40.6 Å². The third kappa shape index (κ3) is 2.00. The van der Waals surface area contributed by atoms with Crippen molar-refractivity contribution in [2.75, 3.05) is 0 Å². The molecule has 0 saturated carbocycles. The van der Waals surface area contributed by atoms with E-state index in [1.165, 1.54) is 11.3 Å². The van der Waals surface area contributed by atoms with Gasteiger partial charge >= 0.3 is 5.97 Å². The number of carbonyl (C=O) groups is 1. The zero-order chi connectivity index (χ0) is 9.80. The first-order valence-electron chi connectivity index (χ1n) is 4.04. The molecule has 0 amide bonds. The molecule has 0 radical (unpaired) electrons. The minimum Gasteiger partial charge on any atom is -0.455 e. The van der Waals surface area contributed by atoms with Gasteiger partial charge in [0, 0.05) is 11.6 Å². The van der Waals surface area contributed by atoms with Gasteiger partial charge in [0.1, 0.15) is 6.61 Å². The van der Waals surface area contributed by atoms with Gasteiger partial charge in [-0.05, 0) is 12.1 Å². The van der Waals surface area contributed by atoms with Crippen LogP contribution in [0.15, 0.2) is 29.2 Å².